The number of hydrogen-bond donors (Lipinski definition) is 0. The summed E-state index contributed by atoms with van der Waals surface area (Å²) in [5.74, 6) is 0. The zero-order chi connectivity index (χ0) is 8.55. The van der Waals surface area contributed by atoms with Crippen LogP contribution in [0.15, 0.2) is 12.1 Å². The van der Waals surface area contributed by atoms with Gasteiger partial charge in [-0.25, -0.2) is 4.98 Å². The molecule has 12 heavy (non-hydrogen) atoms. The van der Waals surface area contributed by atoms with Crippen molar-refractivity contribution in [1.82, 2.24) is 9.36 Å². The van der Waals surface area contributed by atoms with E-state index in [1.165, 1.54) is 11.5 Å². The Morgan fingerprint density at radius 3 is 3.08 bits per heavy atom. The van der Waals surface area contributed by atoms with Crippen molar-refractivity contribution in [1.29, 1.82) is 0 Å². The Morgan fingerprint density at radius 2 is 2.33 bits per heavy atom. The fraction of sp³-hybridized carbons (Fsp3) is 0.143. The van der Waals surface area contributed by atoms with Crippen LogP contribution in [0.3, 0.4) is 0 Å². The van der Waals surface area contributed by atoms with Gasteiger partial charge in [-0.1, -0.05) is 27.5 Å². The van der Waals surface area contributed by atoms with Crippen molar-refractivity contribution in [3.63, 3.8) is 0 Å². The molecule has 2 nitrogen and oxygen atoms in total. The third kappa shape index (κ3) is 1.34. The van der Waals surface area contributed by atoms with Gasteiger partial charge in [0.25, 0.3) is 0 Å². The van der Waals surface area contributed by atoms with Gasteiger partial charge in [0.15, 0.2) is 0 Å². The predicted molar refractivity (Wildman–Crippen MR) is 55.1 cm³/mol. The number of aromatic nitrogens is 2. The predicted octanol–water partition coefficient (Wildman–Crippen LogP) is 3.24. The van der Waals surface area contributed by atoms with Gasteiger partial charge in [0, 0.05) is 10.7 Å². The summed E-state index contributed by atoms with van der Waals surface area (Å²) >= 11 is 10.5. The summed E-state index contributed by atoms with van der Waals surface area (Å²) in [5, 5.41) is 2.37. The molecule has 0 aliphatic heterocycles. The van der Waals surface area contributed by atoms with Crippen LogP contribution >= 0.6 is 39.1 Å². The van der Waals surface area contributed by atoms with E-state index in [-0.39, 0.29) is 0 Å². The number of pyridine rings is 1. The molecule has 2 aromatic heterocycles. The number of nitrogens with zero attached hydrogens (tertiary/aromatic N) is 2. The van der Waals surface area contributed by atoms with E-state index in [0.29, 0.717) is 5.15 Å². The third-order valence-corrected chi connectivity index (χ3v) is 3.04. The van der Waals surface area contributed by atoms with Crippen LogP contribution in [0.1, 0.15) is 5.69 Å². The van der Waals surface area contributed by atoms with Crippen molar-refractivity contribution in [2.45, 2.75) is 5.33 Å². The lowest BCUT2D eigenvalue weighted by atomic mass is 10.3. The number of halogens is 2. The highest BCUT2D eigenvalue weighted by Gasteiger charge is 2.05. The van der Waals surface area contributed by atoms with Gasteiger partial charge in [-0.05, 0) is 23.7 Å². The molecule has 0 aromatic carbocycles. The van der Waals surface area contributed by atoms with Crippen LogP contribution in [0, 0.1) is 0 Å². The Hall–Kier alpha value is -0.190. The van der Waals surface area contributed by atoms with Gasteiger partial charge >= 0.3 is 0 Å². The summed E-state index contributed by atoms with van der Waals surface area (Å²) in [5.41, 5.74) is 1.03. The van der Waals surface area contributed by atoms with Gasteiger partial charge in [0.05, 0.1) is 5.69 Å². The standard InChI is InChI=1S/C7H4BrClN2S/c8-3-5-4-1-2-6(9)10-7(4)12-11-5/h1-2H,3H2. The van der Waals surface area contributed by atoms with Crippen molar-refractivity contribution in [2.75, 3.05) is 0 Å². The highest BCUT2D eigenvalue weighted by Crippen LogP contribution is 2.23. The summed E-state index contributed by atoms with van der Waals surface area (Å²) < 4.78 is 4.23. The molecular formula is C7H4BrClN2S. The Labute approximate surface area is 86.9 Å². The van der Waals surface area contributed by atoms with E-state index in [1.54, 1.807) is 6.07 Å². The molecule has 0 saturated heterocycles. The van der Waals surface area contributed by atoms with Crippen LogP contribution in [-0.4, -0.2) is 9.36 Å². The van der Waals surface area contributed by atoms with Gasteiger partial charge in [-0.3, -0.25) is 0 Å². The quantitative estimate of drug-likeness (QED) is 0.583. The summed E-state index contributed by atoms with van der Waals surface area (Å²) in [7, 11) is 0. The number of rotatable bonds is 1. The molecule has 2 aromatic rings. The fourth-order valence-corrected chi connectivity index (χ4v) is 2.52. The second kappa shape index (κ2) is 3.28. The second-order valence-electron chi connectivity index (χ2n) is 2.25. The third-order valence-electron chi connectivity index (χ3n) is 1.51. The molecule has 0 spiro atoms. The Balaban J connectivity index is 2.73. The van der Waals surface area contributed by atoms with E-state index in [1.807, 2.05) is 6.07 Å². The molecular weight excluding hydrogens is 260 g/mol. The molecule has 0 aliphatic carbocycles. The highest BCUT2D eigenvalue weighted by atomic mass is 79.9. The molecule has 0 unspecified atom stereocenters. The lowest BCUT2D eigenvalue weighted by molar-refractivity contribution is 1.34. The van der Waals surface area contributed by atoms with Crippen LogP contribution in [0.5, 0.6) is 0 Å². The summed E-state index contributed by atoms with van der Waals surface area (Å²) in [6.07, 6.45) is 0. The van der Waals surface area contributed by atoms with Crippen molar-refractivity contribution in [3.05, 3.63) is 23.0 Å². The molecule has 2 rings (SSSR count). The molecule has 0 N–H and O–H groups in total. The topological polar surface area (TPSA) is 25.8 Å². The van der Waals surface area contributed by atoms with Crippen LogP contribution in [-0.2, 0) is 5.33 Å². The minimum Gasteiger partial charge on any atom is -0.224 e. The monoisotopic (exact) mass is 262 g/mol. The lowest BCUT2D eigenvalue weighted by Crippen LogP contribution is -1.77. The van der Waals surface area contributed by atoms with Gasteiger partial charge in [-0.2, -0.15) is 4.37 Å². The number of alkyl halides is 1. The molecule has 2 heterocycles. The highest BCUT2D eigenvalue weighted by molar-refractivity contribution is 9.08. The van der Waals surface area contributed by atoms with Crippen molar-refractivity contribution in [3.8, 4) is 0 Å². The largest absolute Gasteiger partial charge is 0.224 e. The first-order chi connectivity index (χ1) is 5.81. The average molecular weight is 264 g/mol. The zero-order valence-electron chi connectivity index (χ0n) is 5.92. The van der Waals surface area contributed by atoms with Crippen molar-refractivity contribution >= 4 is 49.3 Å². The first kappa shape index (κ1) is 8.41. The maximum atomic E-state index is 5.73. The first-order valence-electron chi connectivity index (χ1n) is 3.28. The molecule has 5 heteroatoms. The fourth-order valence-electron chi connectivity index (χ4n) is 0.951. The zero-order valence-corrected chi connectivity index (χ0v) is 9.08. The molecule has 0 bridgehead atoms. The molecule has 0 radical (unpaired) electrons. The van der Waals surface area contributed by atoms with Gasteiger partial charge < -0.3 is 0 Å². The molecule has 0 amide bonds. The molecule has 62 valence electrons. The van der Waals surface area contributed by atoms with E-state index in [2.05, 4.69) is 25.3 Å². The van der Waals surface area contributed by atoms with Gasteiger partial charge in [0.1, 0.15) is 9.98 Å². The van der Waals surface area contributed by atoms with E-state index in [0.717, 1.165) is 21.2 Å². The Bertz CT molecular complexity index is 415. The molecule has 0 atom stereocenters. The summed E-state index contributed by atoms with van der Waals surface area (Å²) in [6.45, 7) is 0. The van der Waals surface area contributed by atoms with Gasteiger partial charge in [-0.15, -0.1) is 0 Å². The van der Waals surface area contributed by atoms with Crippen LogP contribution in [0.2, 0.25) is 5.15 Å². The van der Waals surface area contributed by atoms with Crippen molar-refractivity contribution < 1.29 is 0 Å². The first-order valence-corrected chi connectivity index (χ1v) is 5.55. The van der Waals surface area contributed by atoms with E-state index < -0.39 is 0 Å². The molecule has 0 saturated carbocycles. The van der Waals surface area contributed by atoms with Crippen LogP contribution in [0.25, 0.3) is 10.2 Å². The normalized spacial score (nSPS) is 10.8. The Morgan fingerprint density at radius 1 is 1.50 bits per heavy atom. The van der Waals surface area contributed by atoms with E-state index in [9.17, 15) is 0 Å². The maximum Gasteiger partial charge on any atom is 0.145 e. The SMILES string of the molecule is Clc1ccc2c(CBr)nsc2n1. The van der Waals surface area contributed by atoms with Gasteiger partial charge in [0.2, 0.25) is 0 Å². The minimum absolute atomic E-state index is 0.521. The van der Waals surface area contributed by atoms with Crippen LogP contribution < -0.4 is 0 Å². The smallest absolute Gasteiger partial charge is 0.145 e. The summed E-state index contributed by atoms with van der Waals surface area (Å²) in [6, 6.07) is 3.73. The number of fused-ring (bicyclic) bond motifs is 1. The summed E-state index contributed by atoms with van der Waals surface area (Å²) in [4.78, 5) is 5.04. The van der Waals surface area contributed by atoms with E-state index in [4.69, 9.17) is 11.6 Å². The van der Waals surface area contributed by atoms with Crippen molar-refractivity contribution in [2.24, 2.45) is 0 Å². The van der Waals surface area contributed by atoms with E-state index >= 15 is 0 Å². The maximum absolute atomic E-state index is 5.73. The second-order valence-corrected chi connectivity index (χ2v) is 3.95. The molecule has 0 fully saturated rings. The lowest BCUT2D eigenvalue weighted by Gasteiger charge is -1.90. The number of hydrogen-bond acceptors (Lipinski definition) is 3. The minimum atomic E-state index is 0.521. The average Bonchev–Trinajstić information content (AvgIpc) is 2.46. The Kier molecular flexibility index (Phi) is 2.30. The molecule has 0 aliphatic rings. The van der Waals surface area contributed by atoms with Crippen LogP contribution in [0.4, 0.5) is 0 Å².